The molecule has 1 rings (SSSR count). The van der Waals surface area contributed by atoms with Gasteiger partial charge in [-0.1, -0.05) is 15.9 Å². The van der Waals surface area contributed by atoms with Crippen molar-refractivity contribution >= 4 is 39.0 Å². The second-order valence-electron chi connectivity index (χ2n) is 2.74. The molecule has 1 aromatic carbocycles. The zero-order valence-corrected chi connectivity index (χ0v) is 9.23. The lowest BCUT2D eigenvalue weighted by Crippen LogP contribution is -2.04. The molecule has 0 aliphatic heterocycles. The van der Waals surface area contributed by atoms with Gasteiger partial charge in [-0.25, -0.2) is 0 Å². The number of carbonyl (C=O) groups is 1. The maximum absolute atomic E-state index is 11.0. The van der Waals surface area contributed by atoms with E-state index in [1.54, 1.807) is 12.1 Å². The summed E-state index contributed by atoms with van der Waals surface area (Å²) in [5.74, 6) is 0.0473. The van der Waals surface area contributed by atoms with Crippen LogP contribution in [0.2, 0.25) is 0 Å². The number of hydrogen-bond acceptors (Lipinski definition) is 2. The molecule has 0 heterocycles. The first kappa shape index (κ1) is 10.5. The highest BCUT2D eigenvalue weighted by atomic mass is 79.9. The van der Waals surface area contributed by atoms with Crippen LogP contribution in [-0.2, 0) is 11.2 Å². The maximum Gasteiger partial charge on any atom is 0.151 e. The zero-order valence-electron chi connectivity index (χ0n) is 6.89. The van der Waals surface area contributed by atoms with Gasteiger partial charge in [-0.2, -0.15) is 0 Å². The van der Waals surface area contributed by atoms with Crippen molar-refractivity contribution in [2.24, 2.45) is 0 Å². The molecule has 2 N–H and O–H groups in total. The molecule has 0 aliphatic rings. The predicted molar refractivity (Wildman–Crippen MR) is 58.0 cm³/mol. The summed E-state index contributed by atoms with van der Waals surface area (Å²) in [6.07, 6.45) is 0.340. The van der Waals surface area contributed by atoms with Gasteiger partial charge in [-0.3, -0.25) is 4.79 Å². The van der Waals surface area contributed by atoms with E-state index in [9.17, 15) is 4.79 Å². The van der Waals surface area contributed by atoms with Crippen LogP contribution in [-0.4, -0.2) is 11.7 Å². The molecule has 0 bridgehead atoms. The van der Waals surface area contributed by atoms with E-state index in [0.717, 1.165) is 10.0 Å². The number of nitrogen functional groups attached to an aromatic ring is 1. The highest BCUT2D eigenvalue weighted by Gasteiger charge is 2.03. The number of rotatable bonds is 3. The van der Waals surface area contributed by atoms with Crippen molar-refractivity contribution < 1.29 is 4.79 Å². The van der Waals surface area contributed by atoms with Crippen LogP contribution in [0.25, 0.3) is 0 Å². The Hall–Kier alpha value is -0.540. The lowest BCUT2D eigenvalue weighted by Gasteiger charge is -2.01. The summed E-state index contributed by atoms with van der Waals surface area (Å²) in [6.45, 7) is 0. The fourth-order valence-corrected chi connectivity index (χ4v) is 1.71. The van der Waals surface area contributed by atoms with Gasteiger partial charge in [0.15, 0.2) is 5.78 Å². The largest absolute Gasteiger partial charge is 0.399 e. The summed E-state index contributed by atoms with van der Waals surface area (Å²) in [4.78, 5) is 11.0. The third-order valence-corrected chi connectivity index (χ3v) is 2.29. The number of halogens is 2. The second kappa shape index (κ2) is 4.63. The van der Waals surface area contributed by atoms with Gasteiger partial charge in [0.05, 0.1) is 5.88 Å². The minimum absolute atomic E-state index is 0.000772. The van der Waals surface area contributed by atoms with Gasteiger partial charge < -0.3 is 5.73 Å². The van der Waals surface area contributed by atoms with Gasteiger partial charge in [-0.05, 0) is 23.8 Å². The minimum Gasteiger partial charge on any atom is -0.399 e. The van der Waals surface area contributed by atoms with E-state index in [2.05, 4.69) is 15.9 Å². The van der Waals surface area contributed by atoms with Crippen molar-refractivity contribution in [3.63, 3.8) is 0 Å². The fourth-order valence-electron chi connectivity index (χ4n) is 1.05. The van der Waals surface area contributed by atoms with Gasteiger partial charge in [-0.15, -0.1) is 11.6 Å². The molecule has 0 amide bonds. The molecule has 2 nitrogen and oxygen atoms in total. The number of nitrogens with two attached hydrogens (primary N) is 1. The summed E-state index contributed by atoms with van der Waals surface area (Å²) < 4.78 is 0.880. The van der Waals surface area contributed by atoms with Gasteiger partial charge in [0.2, 0.25) is 0 Å². The molecule has 0 aromatic heterocycles. The molecule has 0 saturated heterocycles. The molecule has 0 radical (unpaired) electrons. The first-order valence-electron chi connectivity index (χ1n) is 3.74. The Morgan fingerprint density at radius 3 is 2.69 bits per heavy atom. The van der Waals surface area contributed by atoms with E-state index in [4.69, 9.17) is 17.3 Å². The van der Waals surface area contributed by atoms with Crippen molar-refractivity contribution in [3.05, 3.63) is 28.2 Å². The number of anilines is 1. The molecular weight excluding hydrogens is 253 g/mol. The Morgan fingerprint density at radius 1 is 1.46 bits per heavy atom. The number of benzene rings is 1. The third-order valence-electron chi connectivity index (χ3n) is 1.53. The minimum atomic E-state index is -0.000772. The molecule has 4 heteroatoms. The fraction of sp³-hybridized carbons (Fsp3) is 0.222. The van der Waals surface area contributed by atoms with Crippen LogP contribution in [0, 0.1) is 0 Å². The van der Waals surface area contributed by atoms with E-state index < -0.39 is 0 Å². The first-order valence-corrected chi connectivity index (χ1v) is 5.07. The van der Waals surface area contributed by atoms with Gasteiger partial charge >= 0.3 is 0 Å². The quantitative estimate of drug-likeness (QED) is 0.671. The zero-order chi connectivity index (χ0) is 9.84. The highest BCUT2D eigenvalue weighted by molar-refractivity contribution is 9.10. The van der Waals surface area contributed by atoms with Gasteiger partial charge in [0, 0.05) is 16.6 Å². The maximum atomic E-state index is 11.0. The Labute approximate surface area is 90.2 Å². The Kier molecular flexibility index (Phi) is 3.75. The Morgan fingerprint density at radius 2 is 2.15 bits per heavy atom. The Bertz CT molecular complexity index is 307. The summed E-state index contributed by atoms with van der Waals surface area (Å²) in [5, 5.41) is 0. The third kappa shape index (κ3) is 3.36. The SMILES string of the molecule is Nc1cc(Br)cc(CC(=O)CCl)c1. The van der Waals surface area contributed by atoms with Gasteiger partial charge in [0.1, 0.15) is 0 Å². The molecule has 13 heavy (non-hydrogen) atoms. The lowest BCUT2D eigenvalue weighted by molar-refractivity contribution is -0.116. The molecular formula is C9H9BrClNO. The van der Waals surface area contributed by atoms with Gasteiger partial charge in [0.25, 0.3) is 0 Å². The first-order chi connectivity index (χ1) is 6.11. The monoisotopic (exact) mass is 261 g/mol. The lowest BCUT2D eigenvalue weighted by atomic mass is 10.1. The molecule has 70 valence electrons. The predicted octanol–water partition coefficient (Wildman–Crippen LogP) is 2.38. The van der Waals surface area contributed by atoms with E-state index in [1.807, 2.05) is 6.07 Å². The van der Waals surface area contributed by atoms with Crippen LogP contribution < -0.4 is 5.73 Å². The molecule has 0 spiro atoms. The van der Waals surface area contributed by atoms with Crippen LogP contribution in [0.5, 0.6) is 0 Å². The summed E-state index contributed by atoms with van der Waals surface area (Å²) in [6, 6.07) is 5.42. The molecule has 0 aliphatic carbocycles. The van der Waals surface area contributed by atoms with Crippen LogP contribution in [0.4, 0.5) is 5.69 Å². The number of alkyl halides is 1. The highest BCUT2D eigenvalue weighted by Crippen LogP contribution is 2.17. The summed E-state index contributed by atoms with van der Waals surface area (Å²) >= 11 is 8.69. The van der Waals surface area contributed by atoms with E-state index in [-0.39, 0.29) is 11.7 Å². The number of hydrogen-bond donors (Lipinski definition) is 1. The normalized spacial score (nSPS) is 10.0. The standard InChI is InChI=1S/C9H9BrClNO/c10-7-1-6(2-8(12)4-7)3-9(13)5-11/h1-2,4H,3,5,12H2. The molecule has 0 atom stereocenters. The second-order valence-corrected chi connectivity index (χ2v) is 3.92. The molecule has 0 fully saturated rings. The summed E-state index contributed by atoms with van der Waals surface area (Å²) in [7, 11) is 0. The van der Waals surface area contributed by atoms with Crippen LogP contribution in [0.1, 0.15) is 5.56 Å². The van der Waals surface area contributed by atoms with Crippen molar-refractivity contribution in [2.45, 2.75) is 6.42 Å². The Balaban J connectivity index is 2.83. The number of carbonyl (C=O) groups excluding carboxylic acids is 1. The van der Waals surface area contributed by atoms with Crippen LogP contribution >= 0.6 is 27.5 Å². The average molecular weight is 263 g/mol. The van der Waals surface area contributed by atoms with Crippen molar-refractivity contribution in [2.75, 3.05) is 11.6 Å². The molecule has 1 aromatic rings. The van der Waals surface area contributed by atoms with E-state index >= 15 is 0 Å². The molecule has 0 saturated carbocycles. The summed E-state index contributed by atoms with van der Waals surface area (Å²) in [5.41, 5.74) is 7.13. The average Bonchev–Trinajstić information content (AvgIpc) is 2.02. The number of Topliss-reactive ketones (excluding diaryl/α,β-unsaturated/α-hetero) is 1. The van der Waals surface area contributed by atoms with Crippen molar-refractivity contribution in [1.82, 2.24) is 0 Å². The van der Waals surface area contributed by atoms with Crippen molar-refractivity contribution in [3.8, 4) is 0 Å². The smallest absolute Gasteiger partial charge is 0.151 e. The number of ketones is 1. The van der Waals surface area contributed by atoms with E-state index in [1.165, 1.54) is 0 Å². The van der Waals surface area contributed by atoms with E-state index in [0.29, 0.717) is 12.1 Å². The van der Waals surface area contributed by atoms with Crippen LogP contribution in [0.3, 0.4) is 0 Å². The van der Waals surface area contributed by atoms with Crippen LogP contribution in [0.15, 0.2) is 22.7 Å². The topological polar surface area (TPSA) is 43.1 Å². The van der Waals surface area contributed by atoms with Crippen molar-refractivity contribution in [1.29, 1.82) is 0 Å². The molecule has 0 unspecified atom stereocenters.